The molecule has 1 N–H and O–H groups in total. The van der Waals surface area contributed by atoms with Crippen LogP contribution in [-0.2, 0) is 24.1 Å². The predicted molar refractivity (Wildman–Crippen MR) is 113 cm³/mol. The number of aryl methyl sites for hydroxylation is 1. The number of carboxylic acid groups (broad SMARTS) is 1. The number of alkyl halides is 3. The first-order valence-corrected chi connectivity index (χ1v) is 10.6. The number of nitrogens with zero attached hydrogens (tertiary/aromatic N) is 2. The molecular weight excluding hydrogens is 512 g/mol. The highest BCUT2D eigenvalue weighted by Crippen LogP contribution is 2.37. The van der Waals surface area contributed by atoms with Crippen molar-refractivity contribution < 1.29 is 27.8 Å². The van der Waals surface area contributed by atoms with Crippen LogP contribution in [0.15, 0.2) is 30.5 Å². The number of halogens is 4. The van der Waals surface area contributed by atoms with E-state index in [0.29, 0.717) is 24.3 Å². The molecule has 0 bridgehead atoms. The zero-order valence-corrected chi connectivity index (χ0v) is 18.5. The fraction of sp³-hybridized carbons (Fsp3) is 0.429. The lowest BCUT2D eigenvalue weighted by molar-refractivity contribution is -0.145. The molecule has 1 fully saturated rings. The largest absolute Gasteiger partial charge is 0.489 e. The summed E-state index contributed by atoms with van der Waals surface area (Å²) in [6.07, 6.45) is -0.761. The fourth-order valence-electron chi connectivity index (χ4n) is 3.66. The molecule has 162 valence electrons. The first-order chi connectivity index (χ1) is 14.1. The number of pyridine rings is 1. The monoisotopic (exact) mass is 534 g/mol. The lowest BCUT2D eigenvalue weighted by Gasteiger charge is -2.33. The number of rotatable bonds is 6. The molecular formula is C21H22F3IN2O3. The van der Waals surface area contributed by atoms with Crippen molar-refractivity contribution in [2.45, 2.75) is 51.6 Å². The van der Waals surface area contributed by atoms with Crippen molar-refractivity contribution >= 4 is 28.6 Å². The van der Waals surface area contributed by atoms with Gasteiger partial charge in [0, 0.05) is 18.3 Å². The number of aliphatic carboxylic acids is 1. The lowest BCUT2D eigenvalue weighted by atomic mass is 9.99. The van der Waals surface area contributed by atoms with Crippen LogP contribution in [0.1, 0.15) is 41.5 Å². The molecule has 2 aromatic rings. The third-order valence-corrected chi connectivity index (χ3v) is 5.76. The molecule has 30 heavy (non-hydrogen) atoms. The van der Waals surface area contributed by atoms with Crippen LogP contribution < -0.4 is 4.74 Å². The first kappa shape index (κ1) is 22.8. The second-order valence-corrected chi connectivity index (χ2v) is 8.47. The highest BCUT2D eigenvalue weighted by molar-refractivity contribution is 14.1. The Morgan fingerprint density at radius 3 is 2.77 bits per heavy atom. The highest BCUT2D eigenvalue weighted by Gasteiger charge is 2.34. The number of likely N-dealkylation sites (tertiary alicyclic amines) is 1. The smallest absolute Gasteiger partial charge is 0.416 e. The Balaban J connectivity index is 1.92. The number of aromatic nitrogens is 1. The summed E-state index contributed by atoms with van der Waals surface area (Å²) >= 11 is 2.08. The van der Waals surface area contributed by atoms with Crippen molar-refractivity contribution in [3.05, 3.63) is 56.4 Å². The minimum atomic E-state index is -4.49. The van der Waals surface area contributed by atoms with Gasteiger partial charge in [-0.2, -0.15) is 13.2 Å². The maximum atomic E-state index is 13.5. The van der Waals surface area contributed by atoms with Crippen molar-refractivity contribution in [2.24, 2.45) is 0 Å². The van der Waals surface area contributed by atoms with Crippen LogP contribution >= 0.6 is 22.6 Å². The maximum Gasteiger partial charge on any atom is 0.416 e. The van der Waals surface area contributed by atoms with Gasteiger partial charge in [0.15, 0.2) is 0 Å². The van der Waals surface area contributed by atoms with E-state index < -0.39 is 23.8 Å². The zero-order valence-electron chi connectivity index (χ0n) is 16.4. The van der Waals surface area contributed by atoms with Gasteiger partial charge in [0.1, 0.15) is 22.1 Å². The van der Waals surface area contributed by atoms with Gasteiger partial charge in [0.2, 0.25) is 0 Å². The van der Waals surface area contributed by atoms with Crippen LogP contribution in [-0.4, -0.2) is 33.5 Å². The van der Waals surface area contributed by atoms with E-state index in [1.165, 1.54) is 13.0 Å². The summed E-state index contributed by atoms with van der Waals surface area (Å²) < 4.78 is 47.1. The quantitative estimate of drug-likeness (QED) is 0.416. The van der Waals surface area contributed by atoms with Crippen molar-refractivity contribution in [1.82, 2.24) is 9.88 Å². The SMILES string of the molecule is Cc1cc(OCc2ccnc(I)c2)c(CN2CCCC[C@H]2C(=O)O)cc1C(F)(F)F. The van der Waals surface area contributed by atoms with Crippen molar-refractivity contribution in [2.75, 3.05) is 6.54 Å². The van der Waals surface area contributed by atoms with Gasteiger partial charge >= 0.3 is 12.1 Å². The highest BCUT2D eigenvalue weighted by atomic mass is 127. The van der Waals surface area contributed by atoms with E-state index in [9.17, 15) is 23.1 Å². The van der Waals surface area contributed by atoms with Crippen LogP contribution in [0, 0.1) is 10.6 Å². The van der Waals surface area contributed by atoms with Crippen LogP contribution in [0.5, 0.6) is 5.75 Å². The first-order valence-electron chi connectivity index (χ1n) is 9.56. The number of hydrogen-bond donors (Lipinski definition) is 1. The van der Waals surface area contributed by atoms with Gasteiger partial charge < -0.3 is 9.84 Å². The summed E-state index contributed by atoms with van der Waals surface area (Å²) in [5.41, 5.74) is 0.523. The van der Waals surface area contributed by atoms with Crippen LogP contribution in [0.25, 0.3) is 0 Å². The molecule has 0 spiro atoms. The van der Waals surface area contributed by atoms with E-state index >= 15 is 0 Å². The molecule has 1 aliphatic rings. The van der Waals surface area contributed by atoms with Crippen molar-refractivity contribution in [3.63, 3.8) is 0 Å². The standard InChI is InChI=1S/C21H22F3IN2O3/c1-13-8-18(30-12-14-5-6-26-19(25)9-14)15(10-16(13)21(22,23)24)11-27-7-3-2-4-17(27)20(28)29/h5-6,8-10,17H,2-4,7,11-12H2,1H3,(H,28,29)/t17-/m0/s1. The molecule has 2 heterocycles. The van der Waals surface area contributed by atoms with Gasteiger partial charge in [0.25, 0.3) is 0 Å². The van der Waals surface area contributed by atoms with Gasteiger partial charge in [0.05, 0.1) is 5.56 Å². The van der Waals surface area contributed by atoms with Crippen LogP contribution in [0.4, 0.5) is 13.2 Å². The Morgan fingerprint density at radius 2 is 2.10 bits per heavy atom. The summed E-state index contributed by atoms with van der Waals surface area (Å²) in [6.45, 7) is 2.19. The minimum Gasteiger partial charge on any atom is -0.489 e. The topological polar surface area (TPSA) is 62.7 Å². The third-order valence-electron chi connectivity index (χ3n) is 5.17. The number of carbonyl (C=O) groups is 1. The molecule has 0 aliphatic carbocycles. The van der Waals surface area contributed by atoms with Gasteiger partial charge in [-0.1, -0.05) is 6.42 Å². The molecule has 0 saturated carbocycles. The molecule has 1 aromatic carbocycles. The van der Waals surface area contributed by atoms with E-state index in [-0.39, 0.29) is 18.7 Å². The number of benzene rings is 1. The van der Waals surface area contributed by atoms with Crippen LogP contribution in [0.3, 0.4) is 0 Å². The van der Waals surface area contributed by atoms with E-state index in [2.05, 4.69) is 27.6 Å². The zero-order chi connectivity index (χ0) is 21.9. The summed E-state index contributed by atoms with van der Waals surface area (Å²) in [7, 11) is 0. The second kappa shape index (κ2) is 9.51. The fourth-order valence-corrected chi connectivity index (χ4v) is 4.22. The molecule has 1 saturated heterocycles. The maximum absolute atomic E-state index is 13.5. The number of hydrogen-bond acceptors (Lipinski definition) is 4. The Morgan fingerprint density at radius 1 is 1.33 bits per heavy atom. The second-order valence-electron chi connectivity index (χ2n) is 7.37. The van der Waals surface area contributed by atoms with E-state index in [1.807, 2.05) is 6.07 Å². The average Bonchev–Trinajstić information content (AvgIpc) is 2.67. The summed E-state index contributed by atoms with van der Waals surface area (Å²) in [4.78, 5) is 17.4. The lowest BCUT2D eigenvalue weighted by Crippen LogP contribution is -2.44. The van der Waals surface area contributed by atoms with Crippen LogP contribution in [0.2, 0.25) is 0 Å². The normalized spacial score (nSPS) is 17.7. The van der Waals surface area contributed by atoms with Gasteiger partial charge in [-0.15, -0.1) is 0 Å². The Labute approximate surface area is 186 Å². The molecule has 3 rings (SSSR count). The molecule has 9 heteroatoms. The van der Waals surface area contributed by atoms with Gasteiger partial charge in [-0.3, -0.25) is 14.7 Å². The summed E-state index contributed by atoms with van der Waals surface area (Å²) in [5, 5.41) is 9.50. The molecule has 1 aliphatic heterocycles. The average molecular weight is 534 g/mol. The molecule has 5 nitrogen and oxygen atoms in total. The minimum absolute atomic E-state index is 0.0685. The molecule has 1 atom stereocenters. The van der Waals surface area contributed by atoms with Crippen molar-refractivity contribution in [1.29, 1.82) is 0 Å². The number of ether oxygens (including phenoxy) is 1. The summed E-state index contributed by atoms with van der Waals surface area (Å²) in [5.74, 6) is -0.617. The molecule has 1 aromatic heterocycles. The summed E-state index contributed by atoms with van der Waals surface area (Å²) in [6, 6.07) is 5.40. The molecule has 0 radical (unpaired) electrons. The Bertz CT molecular complexity index is 921. The van der Waals surface area contributed by atoms with E-state index in [4.69, 9.17) is 4.74 Å². The van der Waals surface area contributed by atoms with Gasteiger partial charge in [-0.05, 0) is 84.3 Å². The van der Waals surface area contributed by atoms with Gasteiger partial charge in [-0.25, -0.2) is 0 Å². The number of carboxylic acids is 1. The van der Waals surface area contributed by atoms with E-state index in [0.717, 1.165) is 28.2 Å². The molecule has 0 amide bonds. The van der Waals surface area contributed by atoms with E-state index in [1.54, 1.807) is 17.2 Å². The Kier molecular flexibility index (Phi) is 7.22. The third kappa shape index (κ3) is 5.63. The molecule has 0 unspecified atom stereocenters. The predicted octanol–water partition coefficient (Wildman–Crippen LogP) is 5.03. The Hall–Kier alpha value is -1.88. The van der Waals surface area contributed by atoms with Crippen molar-refractivity contribution in [3.8, 4) is 5.75 Å². The number of piperidine rings is 1.